The SMILES string of the molecule is Cc1nc2ccc(C3=CC(=O)N4C=C(N5CCN6CCCC6C5)C=CC4P3)cc2o1. The second kappa shape index (κ2) is 7.07. The lowest BCUT2D eigenvalue weighted by Gasteiger charge is -2.41. The van der Waals surface area contributed by atoms with Crippen LogP contribution in [0.2, 0.25) is 0 Å². The largest absolute Gasteiger partial charge is 0.441 e. The number of benzene rings is 1. The summed E-state index contributed by atoms with van der Waals surface area (Å²) in [4.78, 5) is 24.3. The van der Waals surface area contributed by atoms with Crippen LogP contribution in [0.5, 0.6) is 0 Å². The molecule has 0 aliphatic carbocycles. The Kier molecular flexibility index (Phi) is 4.32. The fourth-order valence-corrected chi connectivity index (χ4v) is 6.43. The summed E-state index contributed by atoms with van der Waals surface area (Å²) >= 11 is 0. The molecule has 2 aromatic rings. The second-order valence-electron chi connectivity index (χ2n) is 8.50. The van der Waals surface area contributed by atoms with Crippen LogP contribution in [0.15, 0.2) is 52.7 Å². The fourth-order valence-electron chi connectivity index (χ4n) is 5.05. The van der Waals surface area contributed by atoms with Crippen LogP contribution in [-0.2, 0) is 4.79 Å². The number of hydrogen-bond donors (Lipinski definition) is 0. The van der Waals surface area contributed by atoms with Crippen molar-refractivity contribution >= 4 is 30.9 Å². The van der Waals surface area contributed by atoms with Gasteiger partial charge in [0.25, 0.3) is 5.91 Å². The minimum atomic E-state index is 0.0592. The molecule has 0 N–H and O–H groups in total. The van der Waals surface area contributed by atoms with E-state index in [9.17, 15) is 4.79 Å². The number of nitrogens with zero attached hydrogens (tertiary/aromatic N) is 4. The lowest BCUT2D eigenvalue weighted by molar-refractivity contribution is -0.123. The lowest BCUT2D eigenvalue weighted by atomic mass is 10.1. The van der Waals surface area contributed by atoms with Crippen molar-refractivity contribution in [1.82, 2.24) is 19.7 Å². The van der Waals surface area contributed by atoms with Crippen molar-refractivity contribution in [3.8, 4) is 0 Å². The molecule has 0 radical (unpaired) electrons. The molecule has 3 unspecified atom stereocenters. The number of rotatable bonds is 2. The molecule has 2 saturated heterocycles. The van der Waals surface area contributed by atoms with Gasteiger partial charge in [-0.2, -0.15) is 0 Å². The Bertz CT molecular complexity index is 1120. The van der Waals surface area contributed by atoms with E-state index in [0.29, 0.717) is 20.5 Å². The van der Waals surface area contributed by atoms with Crippen molar-refractivity contribution in [3.63, 3.8) is 0 Å². The van der Waals surface area contributed by atoms with Crippen LogP contribution in [0, 0.1) is 6.92 Å². The molecule has 154 valence electrons. The molecule has 0 spiro atoms. The van der Waals surface area contributed by atoms with Gasteiger partial charge in [0, 0.05) is 44.9 Å². The first-order chi connectivity index (χ1) is 14.6. The van der Waals surface area contributed by atoms with Gasteiger partial charge in [-0.05, 0) is 48.5 Å². The van der Waals surface area contributed by atoms with E-state index in [1.54, 1.807) is 6.08 Å². The zero-order valence-electron chi connectivity index (χ0n) is 17.0. The number of aryl methyl sites for hydroxylation is 1. The molecular weight excluding hydrogens is 395 g/mol. The van der Waals surface area contributed by atoms with Gasteiger partial charge >= 0.3 is 0 Å². The summed E-state index contributed by atoms with van der Waals surface area (Å²) < 4.78 is 5.68. The number of aromatic nitrogens is 1. The third-order valence-electron chi connectivity index (χ3n) is 6.60. The van der Waals surface area contributed by atoms with E-state index < -0.39 is 0 Å². The third kappa shape index (κ3) is 3.10. The maximum atomic E-state index is 13.0. The Morgan fingerprint density at radius 3 is 3.10 bits per heavy atom. The Labute approximate surface area is 177 Å². The summed E-state index contributed by atoms with van der Waals surface area (Å²) in [5.74, 6) is 0.820. The van der Waals surface area contributed by atoms with Crippen LogP contribution in [0.4, 0.5) is 0 Å². The van der Waals surface area contributed by atoms with Crippen molar-refractivity contribution in [2.45, 2.75) is 31.6 Å². The van der Waals surface area contributed by atoms with Crippen LogP contribution in [0.25, 0.3) is 16.4 Å². The van der Waals surface area contributed by atoms with E-state index in [4.69, 9.17) is 4.42 Å². The van der Waals surface area contributed by atoms with E-state index in [1.165, 1.54) is 25.1 Å². The van der Waals surface area contributed by atoms with Crippen molar-refractivity contribution in [1.29, 1.82) is 0 Å². The number of hydrogen-bond acceptors (Lipinski definition) is 5. The van der Waals surface area contributed by atoms with E-state index in [0.717, 1.165) is 41.6 Å². The number of amides is 1. The van der Waals surface area contributed by atoms with Crippen LogP contribution in [-0.4, -0.2) is 63.6 Å². The molecule has 0 saturated carbocycles. The van der Waals surface area contributed by atoms with E-state index in [-0.39, 0.29) is 11.7 Å². The summed E-state index contributed by atoms with van der Waals surface area (Å²) in [6.07, 6.45) is 10.9. The average Bonchev–Trinajstić information content (AvgIpc) is 3.37. The number of allylic oxidation sites excluding steroid dienone is 1. The molecule has 30 heavy (non-hydrogen) atoms. The van der Waals surface area contributed by atoms with E-state index in [2.05, 4.69) is 33.1 Å². The first-order valence-corrected chi connectivity index (χ1v) is 11.8. The van der Waals surface area contributed by atoms with E-state index >= 15 is 0 Å². The minimum absolute atomic E-state index is 0.0592. The summed E-state index contributed by atoms with van der Waals surface area (Å²) in [7, 11) is 0.510. The predicted molar refractivity (Wildman–Crippen MR) is 119 cm³/mol. The highest BCUT2D eigenvalue weighted by molar-refractivity contribution is 7.51. The zero-order chi connectivity index (χ0) is 20.2. The minimum Gasteiger partial charge on any atom is -0.441 e. The quantitative estimate of drug-likeness (QED) is 0.696. The van der Waals surface area contributed by atoms with Gasteiger partial charge in [0.05, 0.1) is 11.5 Å². The summed E-state index contributed by atoms with van der Waals surface area (Å²) in [5.41, 5.74) is 3.85. The smallest absolute Gasteiger partial charge is 0.252 e. The van der Waals surface area contributed by atoms with E-state index in [1.807, 2.05) is 30.0 Å². The van der Waals surface area contributed by atoms with Gasteiger partial charge in [-0.3, -0.25) is 9.69 Å². The Morgan fingerprint density at radius 2 is 2.17 bits per heavy atom. The summed E-state index contributed by atoms with van der Waals surface area (Å²) in [6.45, 7) is 6.34. The molecule has 0 bridgehead atoms. The van der Waals surface area contributed by atoms with Crippen LogP contribution in [0.1, 0.15) is 24.3 Å². The van der Waals surface area contributed by atoms with Gasteiger partial charge in [0.1, 0.15) is 5.52 Å². The van der Waals surface area contributed by atoms with Gasteiger partial charge in [-0.1, -0.05) is 20.7 Å². The van der Waals surface area contributed by atoms with Gasteiger partial charge in [0.15, 0.2) is 11.5 Å². The number of carbonyl (C=O) groups is 1. The number of carbonyl (C=O) groups excluding carboxylic acids is 1. The highest BCUT2D eigenvalue weighted by Gasteiger charge is 2.33. The van der Waals surface area contributed by atoms with Gasteiger partial charge in [-0.15, -0.1) is 0 Å². The highest BCUT2D eigenvalue weighted by Crippen LogP contribution is 2.45. The van der Waals surface area contributed by atoms with Gasteiger partial charge in [-0.25, -0.2) is 4.98 Å². The molecular formula is C23H25N4O2P. The molecule has 6 rings (SSSR count). The maximum absolute atomic E-state index is 13.0. The number of oxazole rings is 1. The lowest BCUT2D eigenvalue weighted by Crippen LogP contribution is -2.50. The Balaban J connectivity index is 1.24. The average molecular weight is 420 g/mol. The zero-order valence-corrected chi connectivity index (χ0v) is 18.0. The summed E-state index contributed by atoms with van der Waals surface area (Å²) in [5, 5.41) is 1.08. The first kappa shape index (κ1) is 18.3. The maximum Gasteiger partial charge on any atom is 0.252 e. The van der Waals surface area contributed by atoms with Crippen LogP contribution < -0.4 is 0 Å². The Morgan fingerprint density at radius 1 is 1.23 bits per heavy atom. The number of piperazine rings is 1. The van der Waals surface area contributed by atoms with Crippen LogP contribution >= 0.6 is 8.58 Å². The molecule has 1 amide bonds. The molecule has 4 aliphatic rings. The molecule has 6 nitrogen and oxygen atoms in total. The number of fused-ring (bicyclic) bond motifs is 3. The molecule has 1 aromatic carbocycles. The Hall–Kier alpha value is -2.43. The topological polar surface area (TPSA) is 52.8 Å². The molecule has 2 fully saturated rings. The fraction of sp³-hybridized carbons (Fsp3) is 0.391. The first-order valence-electron chi connectivity index (χ1n) is 10.7. The third-order valence-corrected chi connectivity index (χ3v) is 8.12. The molecule has 5 heterocycles. The normalized spacial score (nSPS) is 27.4. The standard InChI is InChI=1S/C23H25N4O2P/c1-15-24-19-6-4-16(11-20(19)29-15)21-12-22(28)27-14-18(5-7-23(27)30-21)26-10-9-25-8-2-3-17(25)13-26/h4-7,11-12,14,17,23,30H,2-3,8-10,13H2,1H3. The molecule has 4 aliphatic heterocycles. The van der Waals surface area contributed by atoms with Crippen molar-refractivity contribution in [2.75, 3.05) is 26.2 Å². The van der Waals surface area contributed by atoms with Crippen molar-refractivity contribution in [3.05, 3.63) is 59.8 Å². The molecule has 7 heteroatoms. The monoisotopic (exact) mass is 420 g/mol. The van der Waals surface area contributed by atoms with Gasteiger partial charge in [0.2, 0.25) is 0 Å². The van der Waals surface area contributed by atoms with Gasteiger partial charge < -0.3 is 14.2 Å². The summed E-state index contributed by atoms with van der Waals surface area (Å²) in [6, 6.07) is 6.69. The molecule has 1 aromatic heterocycles. The molecule has 3 atom stereocenters. The predicted octanol–water partition coefficient (Wildman–Crippen LogP) is 3.52. The van der Waals surface area contributed by atoms with Crippen molar-refractivity contribution < 1.29 is 9.21 Å². The second-order valence-corrected chi connectivity index (χ2v) is 9.92. The van der Waals surface area contributed by atoms with Crippen molar-refractivity contribution in [2.24, 2.45) is 0 Å². The van der Waals surface area contributed by atoms with Crippen LogP contribution in [0.3, 0.4) is 0 Å². The highest BCUT2D eigenvalue weighted by atomic mass is 31.1.